The van der Waals surface area contributed by atoms with Gasteiger partial charge in [-0.15, -0.1) is 0 Å². The number of aromatic nitrogens is 3. The Hall–Kier alpha value is -2.91. The van der Waals surface area contributed by atoms with Crippen LogP contribution in [0.2, 0.25) is 0 Å². The predicted molar refractivity (Wildman–Crippen MR) is 134 cm³/mol. The average Bonchev–Trinajstić information content (AvgIpc) is 2.77. The number of nitrogens with zero attached hydrogens (tertiary/aromatic N) is 3. The van der Waals surface area contributed by atoms with E-state index in [4.69, 9.17) is 16.2 Å². The lowest BCUT2D eigenvalue weighted by Crippen LogP contribution is -2.06. The van der Waals surface area contributed by atoms with E-state index >= 15 is 0 Å². The van der Waals surface area contributed by atoms with Crippen LogP contribution in [0.4, 0.5) is 5.95 Å². The van der Waals surface area contributed by atoms with Crippen molar-refractivity contribution in [3.63, 3.8) is 0 Å². The highest BCUT2D eigenvalue weighted by Gasteiger charge is 2.12. The molecule has 1 unspecified atom stereocenters. The number of nitrogens with two attached hydrogens (primary N) is 2. The Morgan fingerprint density at radius 2 is 1.88 bits per heavy atom. The molecule has 0 fully saturated rings. The van der Waals surface area contributed by atoms with Crippen molar-refractivity contribution in [2.24, 2.45) is 11.7 Å². The minimum Gasteiger partial charge on any atom is -0.496 e. The lowest BCUT2D eigenvalue weighted by atomic mass is 9.99. The van der Waals surface area contributed by atoms with Crippen LogP contribution in [0.1, 0.15) is 67.9 Å². The van der Waals surface area contributed by atoms with Crippen molar-refractivity contribution in [2.75, 3.05) is 19.4 Å². The Labute approximate surface area is 193 Å². The smallest absolute Gasteiger partial charge is 0.220 e. The molecule has 6 heteroatoms. The summed E-state index contributed by atoms with van der Waals surface area (Å²) >= 11 is 0. The van der Waals surface area contributed by atoms with Gasteiger partial charge in [-0.05, 0) is 46.5 Å². The second-order valence-corrected chi connectivity index (χ2v) is 7.81. The van der Waals surface area contributed by atoms with E-state index in [0.717, 1.165) is 46.7 Å². The van der Waals surface area contributed by atoms with Gasteiger partial charge in [0.05, 0.1) is 25.0 Å². The van der Waals surface area contributed by atoms with Crippen molar-refractivity contribution in [1.82, 2.24) is 15.0 Å². The normalized spacial score (nSPS) is 11.7. The first kappa shape index (κ1) is 27.1. The van der Waals surface area contributed by atoms with Gasteiger partial charge in [0.1, 0.15) is 5.75 Å². The number of aryl methyl sites for hydroxylation is 3. The third kappa shape index (κ3) is 7.35. The Kier molecular flexibility index (Phi) is 11.4. The van der Waals surface area contributed by atoms with Gasteiger partial charge >= 0.3 is 0 Å². The molecule has 0 bridgehead atoms. The molecule has 2 aromatic heterocycles. The lowest BCUT2D eigenvalue weighted by molar-refractivity contribution is 0.406. The zero-order valence-corrected chi connectivity index (χ0v) is 21.0. The summed E-state index contributed by atoms with van der Waals surface area (Å²) in [6.45, 7) is 14.8. The summed E-state index contributed by atoms with van der Waals surface area (Å²) in [5.41, 5.74) is 18.2. The molecule has 1 atom stereocenters. The number of anilines is 1. The van der Waals surface area contributed by atoms with Crippen LogP contribution in [0.15, 0.2) is 12.3 Å². The van der Waals surface area contributed by atoms with Crippen LogP contribution in [0.25, 0.3) is 5.57 Å². The Balaban J connectivity index is 0.000000323. The molecule has 0 spiro atoms. The van der Waals surface area contributed by atoms with Gasteiger partial charge in [-0.2, -0.15) is 0 Å². The van der Waals surface area contributed by atoms with Gasteiger partial charge in [-0.25, -0.2) is 9.97 Å². The maximum Gasteiger partial charge on any atom is 0.220 e. The third-order valence-corrected chi connectivity index (χ3v) is 5.39. The topological polar surface area (TPSA) is 99.9 Å². The average molecular weight is 438 g/mol. The Morgan fingerprint density at radius 1 is 1.19 bits per heavy atom. The molecule has 0 radical (unpaired) electrons. The number of hydrogen-bond donors (Lipinski definition) is 2. The molecule has 0 aliphatic carbocycles. The fraction of sp³-hybridized carbons (Fsp3) is 0.500. The highest BCUT2D eigenvalue weighted by molar-refractivity contribution is 5.81. The van der Waals surface area contributed by atoms with E-state index in [2.05, 4.69) is 47.6 Å². The molecule has 0 aliphatic heterocycles. The summed E-state index contributed by atoms with van der Waals surface area (Å²) in [5, 5.41) is 0. The van der Waals surface area contributed by atoms with Crippen LogP contribution in [-0.4, -0.2) is 28.6 Å². The fourth-order valence-corrected chi connectivity index (χ4v) is 3.44. The number of allylic oxidation sites excluding steroid dienone is 2. The minimum atomic E-state index is 0.310. The minimum absolute atomic E-state index is 0.310. The number of ether oxygens (including phenoxy) is 1. The first-order valence-corrected chi connectivity index (χ1v) is 11.2. The van der Waals surface area contributed by atoms with Crippen molar-refractivity contribution < 1.29 is 4.74 Å². The first-order valence-electron chi connectivity index (χ1n) is 11.2. The van der Waals surface area contributed by atoms with Crippen molar-refractivity contribution >= 4 is 11.5 Å². The quantitative estimate of drug-likeness (QED) is 0.641. The summed E-state index contributed by atoms with van der Waals surface area (Å²) in [4.78, 5) is 12.9. The standard InChI is InChI=1S/C13H18N4.C13H21NO/c1-4-10(7-6-8-14)12-9(3)16-13(15)17-11(12)5-2;1-6-9(2)7-12-11(4)13(15-5)10(3)8-14-12/h4H,5,8,14H2,1-3H3,(H2,15,16,17);8-9H,6-7H2,1-5H3/b10-4-;. The maximum absolute atomic E-state index is 5.65. The molecule has 6 nitrogen and oxygen atoms in total. The zero-order valence-electron chi connectivity index (χ0n) is 21.0. The number of nitrogen functional groups attached to an aromatic ring is 1. The van der Waals surface area contributed by atoms with Gasteiger partial charge in [0.25, 0.3) is 0 Å². The summed E-state index contributed by atoms with van der Waals surface area (Å²) in [5.74, 6) is 7.88. The van der Waals surface area contributed by atoms with E-state index in [-0.39, 0.29) is 0 Å². The van der Waals surface area contributed by atoms with Gasteiger partial charge in [0, 0.05) is 34.2 Å². The maximum atomic E-state index is 5.65. The van der Waals surface area contributed by atoms with Crippen molar-refractivity contribution in [3.8, 4) is 17.6 Å². The zero-order chi connectivity index (χ0) is 24.3. The molecular formula is C26H39N5O. The summed E-state index contributed by atoms with van der Waals surface area (Å²) in [7, 11) is 1.72. The molecule has 0 amide bonds. The molecule has 32 heavy (non-hydrogen) atoms. The van der Waals surface area contributed by atoms with Crippen molar-refractivity contribution in [2.45, 2.75) is 67.7 Å². The highest BCUT2D eigenvalue weighted by Crippen LogP contribution is 2.26. The lowest BCUT2D eigenvalue weighted by Gasteiger charge is -2.14. The molecular weight excluding hydrogens is 398 g/mol. The number of pyridine rings is 1. The highest BCUT2D eigenvalue weighted by atomic mass is 16.5. The third-order valence-electron chi connectivity index (χ3n) is 5.39. The van der Waals surface area contributed by atoms with Crippen LogP contribution in [0.5, 0.6) is 5.75 Å². The fourth-order valence-electron chi connectivity index (χ4n) is 3.44. The predicted octanol–water partition coefficient (Wildman–Crippen LogP) is 4.59. The van der Waals surface area contributed by atoms with E-state index in [1.165, 1.54) is 17.7 Å². The monoisotopic (exact) mass is 437 g/mol. The van der Waals surface area contributed by atoms with Crippen molar-refractivity contribution in [3.05, 3.63) is 46.0 Å². The molecule has 0 aliphatic rings. The van der Waals surface area contributed by atoms with E-state index in [9.17, 15) is 0 Å². The molecule has 2 rings (SSSR count). The summed E-state index contributed by atoms with van der Waals surface area (Å²) in [6.07, 6.45) is 6.88. The van der Waals surface area contributed by atoms with E-state index in [0.29, 0.717) is 18.4 Å². The number of methoxy groups -OCH3 is 1. The van der Waals surface area contributed by atoms with Gasteiger partial charge in [-0.1, -0.05) is 45.1 Å². The number of hydrogen-bond acceptors (Lipinski definition) is 6. The van der Waals surface area contributed by atoms with Crippen LogP contribution in [-0.2, 0) is 12.8 Å². The summed E-state index contributed by atoms with van der Waals surface area (Å²) < 4.78 is 5.39. The molecule has 4 N–H and O–H groups in total. The number of rotatable bonds is 6. The molecule has 0 aromatic carbocycles. The Bertz CT molecular complexity index is 986. The van der Waals surface area contributed by atoms with Gasteiger partial charge < -0.3 is 16.2 Å². The molecule has 2 heterocycles. The van der Waals surface area contributed by atoms with Gasteiger partial charge in [-0.3, -0.25) is 4.98 Å². The second kappa shape index (κ2) is 13.5. The second-order valence-electron chi connectivity index (χ2n) is 7.81. The van der Waals surface area contributed by atoms with Crippen molar-refractivity contribution in [1.29, 1.82) is 0 Å². The van der Waals surface area contributed by atoms with E-state index < -0.39 is 0 Å². The molecule has 0 saturated heterocycles. The molecule has 174 valence electrons. The first-order chi connectivity index (χ1) is 15.2. The largest absolute Gasteiger partial charge is 0.496 e. The van der Waals surface area contributed by atoms with Gasteiger partial charge in [0.15, 0.2) is 0 Å². The van der Waals surface area contributed by atoms with Gasteiger partial charge in [0.2, 0.25) is 5.95 Å². The van der Waals surface area contributed by atoms with E-state index in [1.54, 1.807) is 7.11 Å². The van der Waals surface area contributed by atoms with Crippen LogP contribution in [0.3, 0.4) is 0 Å². The van der Waals surface area contributed by atoms with Crippen LogP contribution < -0.4 is 16.2 Å². The SMILES string of the molecule is C/C=C(/C#CCN)c1c(C)nc(N)nc1CC.CCC(C)Cc1ncc(C)c(OC)c1C. The Morgan fingerprint density at radius 3 is 2.41 bits per heavy atom. The molecule has 2 aromatic rings. The van der Waals surface area contributed by atoms with E-state index in [1.807, 2.05) is 40.0 Å². The van der Waals surface area contributed by atoms with Crippen LogP contribution >= 0.6 is 0 Å². The summed E-state index contributed by atoms with van der Waals surface area (Å²) in [6, 6.07) is 0. The van der Waals surface area contributed by atoms with Crippen LogP contribution in [0, 0.1) is 38.5 Å². The molecule has 0 saturated carbocycles.